The minimum absolute atomic E-state index is 0. The number of carbonyl (C=O) groups is 1. The molecule has 2 N–H and O–H groups in total. The normalized spacial score (nSPS) is 14.5. The molecule has 0 aliphatic carbocycles. The molecule has 1 aliphatic rings. The van der Waals surface area contributed by atoms with Crippen molar-refractivity contribution in [1.82, 2.24) is 20.1 Å². The van der Waals surface area contributed by atoms with Crippen LogP contribution >= 0.6 is 12.4 Å². The number of methoxy groups -OCH3 is 1. The van der Waals surface area contributed by atoms with Crippen LogP contribution in [-0.2, 0) is 7.05 Å². The van der Waals surface area contributed by atoms with Gasteiger partial charge in [0.1, 0.15) is 0 Å². The molecule has 1 aromatic carbocycles. The highest BCUT2D eigenvalue weighted by molar-refractivity contribution is 6.03. The summed E-state index contributed by atoms with van der Waals surface area (Å²) in [6, 6.07) is 5.11. The van der Waals surface area contributed by atoms with Crippen molar-refractivity contribution in [3.05, 3.63) is 29.6 Å². The Labute approximate surface area is 171 Å². The third-order valence-electron chi connectivity index (χ3n) is 4.50. The van der Waals surface area contributed by atoms with E-state index < -0.39 is 0 Å². The van der Waals surface area contributed by atoms with Crippen LogP contribution in [-0.4, -0.2) is 47.0 Å². The zero-order valence-corrected chi connectivity index (χ0v) is 17.5. The summed E-state index contributed by atoms with van der Waals surface area (Å²) in [5.41, 5.74) is 0.467. The van der Waals surface area contributed by atoms with E-state index in [1.54, 1.807) is 37.0 Å². The SMILES string of the molecule is COc1cc(C(=O)Nc2nc(C3CCNCC3)nn2C)ccc1OC(C)C.Cl. The van der Waals surface area contributed by atoms with Gasteiger partial charge < -0.3 is 14.8 Å². The molecule has 8 nitrogen and oxygen atoms in total. The van der Waals surface area contributed by atoms with E-state index in [9.17, 15) is 4.79 Å². The van der Waals surface area contributed by atoms with Gasteiger partial charge >= 0.3 is 0 Å². The maximum absolute atomic E-state index is 12.7. The van der Waals surface area contributed by atoms with Gasteiger partial charge in [-0.15, -0.1) is 12.4 Å². The third-order valence-corrected chi connectivity index (χ3v) is 4.50. The van der Waals surface area contributed by atoms with Gasteiger partial charge in [-0.25, -0.2) is 4.68 Å². The molecule has 3 rings (SSSR count). The summed E-state index contributed by atoms with van der Waals surface area (Å²) >= 11 is 0. The van der Waals surface area contributed by atoms with E-state index in [1.165, 1.54) is 0 Å². The zero-order chi connectivity index (χ0) is 19.4. The lowest BCUT2D eigenvalue weighted by atomic mass is 9.98. The summed E-state index contributed by atoms with van der Waals surface area (Å²) in [6.07, 6.45) is 2.03. The molecule has 0 spiro atoms. The molecule has 1 saturated heterocycles. The number of halogens is 1. The predicted octanol–water partition coefficient (Wildman–Crippen LogP) is 2.75. The number of benzene rings is 1. The number of aromatic nitrogens is 3. The molecule has 0 bridgehead atoms. The molecule has 1 amide bonds. The first-order chi connectivity index (χ1) is 13.0. The van der Waals surface area contributed by atoms with Crippen molar-refractivity contribution >= 4 is 24.3 Å². The number of ether oxygens (including phenoxy) is 2. The Morgan fingerprint density at radius 1 is 1.29 bits per heavy atom. The van der Waals surface area contributed by atoms with Crippen LogP contribution in [0.25, 0.3) is 0 Å². The lowest BCUT2D eigenvalue weighted by molar-refractivity contribution is 0.102. The number of nitrogens with one attached hydrogen (secondary N) is 2. The van der Waals surface area contributed by atoms with Crippen LogP contribution in [0.2, 0.25) is 0 Å². The average Bonchev–Trinajstić information content (AvgIpc) is 3.02. The molecule has 1 aromatic heterocycles. The Hall–Kier alpha value is -2.32. The molecule has 1 fully saturated rings. The van der Waals surface area contributed by atoms with Gasteiger partial charge in [-0.1, -0.05) is 0 Å². The zero-order valence-electron chi connectivity index (χ0n) is 16.7. The Bertz CT molecular complexity index is 803. The van der Waals surface area contributed by atoms with E-state index in [-0.39, 0.29) is 24.4 Å². The third kappa shape index (κ3) is 5.14. The molecule has 28 heavy (non-hydrogen) atoms. The maximum Gasteiger partial charge on any atom is 0.258 e. The Morgan fingerprint density at radius 3 is 2.64 bits per heavy atom. The van der Waals surface area contributed by atoms with Crippen molar-refractivity contribution in [2.45, 2.75) is 38.7 Å². The Kier molecular flexibility index (Phi) is 7.65. The number of rotatable bonds is 6. The predicted molar refractivity (Wildman–Crippen MR) is 110 cm³/mol. The smallest absolute Gasteiger partial charge is 0.258 e. The van der Waals surface area contributed by atoms with Crippen LogP contribution in [0.15, 0.2) is 18.2 Å². The fourth-order valence-corrected chi connectivity index (χ4v) is 3.10. The van der Waals surface area contributed by atoms with Crippen LogP contribution in [0.5, 0.6) is 11.5 Å². The number of piperidine rings is 1. The number of amides is 1. The molecular weight excluding hydrogens is 382 g/mol. The quantitative estimate of drug-likeness (QED) is 0.762. The molecule has 0 saturated carbocycles. The topological polar surface area (TPSA) is 90.3 Å². The van der Waals surface area contributed by atoms with Gasteiger partial charge in [0.25, 0.3) is 5.91 Å². The number of anilines is 1. The van der Waals surface area contributed by atoms with Gasteiger partial charge in [-0.3, -0.25) is 10.1 Å². The standard InChI is InChI=1S/C19H27N5O3.ClH/c1-12(2)27-15-6-5-14(11-16(15)26-4)18(25)22-19-21-17(23-24(19)3)13-7-9-20-10-8-13;/h5-6,11-13,20H,7-10H2,1-4H3,(H,21,22,23,25);1H. The van der Waals surface area contributed by atoms with Crippen molar-refractivity contribution in [3.8, 4) is 11.5 Å². The Balaban J connectivity index is 0.00000280. The van der Waals surface area contributed by atoms with Crippen molar-refractivity contribution in [3.63, 3.8) is 0 Å². The number of hydrogen-bond donors (Lipinski definition) is 2. The highest BCUT2D eigenvalue weighted by atomic mass is 35.5. The molecule has 0 radical (unpaired) electrons. The minimum atomic E-state index is -0.267. The second-order valence-corrected chi connectivity index (χ2v) is 6.93. The fraction of sp³-hybridized carbons (Fsp3) is 0.526. The van der Waals surface area contributed by atoms with Crippen LogP contribution < -0.4 is 20.1 Å². The average molecular weight is 410 g/mol. The van der Waals surface area contributed by atoms with E-state index in [4.69, 9.17) is 9.47 Å². The summed E-state index contributed by atoms with van der Waals surface area (Å²) in [5.74, 6) is 2.41. The summed E-state index contributed by atoms with van der Waals surface area (Å²) in [6.45, 7) is 5.81. The van der Waals surface area contributed by atoms with E-state index in [0.717, 1.165) is 31.8 Å². The van der Waals surface area contributed by atoms with Gasteiger partial charge in [0.2, 0.25) is 5.95 Å². The molecule has 1 aliphatic heterocycles. The second-order valence-electron chi connectivity index (χ2n) is 6.93. The summed E-state index contributed by atoms with van der Waals surface area (Å²) < 4.78 is 12.7. The van der Waals surface area contributed by atoms with E-state index in [1.807, 2.05) is 13.8 Å². The van der Waals surface area contributed by atoms with E-state index in [0.29, 0.717) is 28.9 Å². The molecule has 2 heterocycles. The summed E-state index contributed by atoms with van der Waals surface area (Å²) in [4.78, 5) is 17.2. The maximum atomic E-state index is 12.7. The first-order valence-electron chi connectivity index (χ1n) is 9.25. The highest BCUT2D eigenvalue weighted by Gasteiger charge is 2.22. The number of nitrogens with zero attached hydrogens (tertiary/aromatic N) is 3. The number of hydrogen-bond acceptors (Lipinski definition) is 6. The van der Waals surface area contributed by atoms with Crippen LogP contribution in [0.3, 0.4) is 0 Å². The fourth-order valence-electron chi connectivity index (χ4n) is 3.10. The number of carbonyl (C=O) groups excluding carboxylic acids is 1. The van der Waals surface area contributed by atoms with Crippen molar-refractivity contribution in [2.75, 3.05) is 25.5 Å². The largest absolute Gasteiger partial charge is 0.493 e. The van der Waals surface area contributed by atoms with E-state index in [2.05, 4.69) is 20.7 Å². The lowest BCUT2D eigenvalue weighted by Crippen LogP contribution is -2.27. The first-order valence-corrected chi connectivity index (χ1v) is 9.25. The molecule has 2 aromatic rings. The molecule has 154 valence electrons. The lowest BCUT2D eigenvalue weighted by Gasteiger charge is -2.19. The van der Waals surface area contributed by atoms with Gasteiger partial charge in [-0.2, -0.15) is 10.1 Å². The first kappa shape index (κ1) is 22.0. The molecule has 9 heteroatoms. The monoisotopic (exact) mass is 409 g/mol. The Morgan fingerprint density at radius 2 is 2.00 bits per heavy atom. The molecule has 0 atom stereocenters. The van der Waals surface area contributed by atoms with Crippen molar-refractivity contribution < 1.29 is 14.3 Å². The van der Waals surface area contributed by atoms with Crippen LogP contribution in [0, 0.1) is 0 Å². The van der Waals surface area contributed by atoms with E-state index >= 15 is 0 Å². The van der Waals surface area contributed by atoms with Crippen molar-refractivity contribution in [1.29, 1.82) is 0 Å². The summed E-state index contributed by atoms with van der Waals surface area (Å²) in [5, 5.41) is 10.6. The van der Waals surface area contributed by atoms with Crippen molar-refractivity contribution in [2.24, 2.45) is 7.05 Å². The van der Waals surface area contributed by atoms with Gasteiger partial charge in [-0.05, 0) is 58.0 Å². The van der Waals surface area contributed by atoms with Crippen LogP contribution in [0.4, 0.5) is 5.95 Å². The summed E-state index contributed by atoms with van der Waals surface area (Å²) in [7, 11) is 3.34. The minimum Gasteiger partial charge on any atom is -0.493 e. The van der Waals surface area contributed by atoms with Gasteiger partial charge in [0.05, 0.1) is 13.2 Å². The van der Waals surface area contributed by atoms with Gasteiger partial charge in [0.15, 0.2) is 17.3 Å². The van der Waals surface area contributed by atoms with Crippen LogP contribution in [0.1, 0.15) is 48.8 Å². The second kappa shape index (κ2) is 9.75. The molecular formula is C19H28ClN5O3. The van der Waals surface area contributed by atoms with Gasteiger partial charge in [0, 0.05) is 18.5 Å². The highest BCUT2D eigenvalue weighted by Crippen LogP contribution is 2.29. The molecule has 0 unspecified atom stereocenters. The number of aryl methyl sites for hydroxylation is 1.